The first-order chi connectivity index (χ1) is 12.7. The van der Waals surface area contributed by atoms with Crippen LogP contribution in [-0.4, -0.2) is 34.5 Å². The van der Waals surface area contributed by atoms with Crippen LogP contribution in [0, 0.1) is 5.92 Å². The molecule has 0 radical (unpaired) electrons. The van der Waals surface area contributed by atoms with Crippen LogP contribution in [0.5, 0.6) is 0 Å². The van der Waals surface area contributed by atoms with E-state index in [0.29, 0.717) is 18.8 Å². The highest BCUT2D eigenvalue weighted by Crippen LogP contribution is 2.30. The highest BCUT2D eigenvalue weighted by molar-refractivity contribution is 5.92. The van der Waals surface area contributed by atoms with Gasteiger partial charge in [-0.25, -0.2) is 0 Å². The maximum atomic E-state index is 13.2. The maximum Gasteiger partial charge on any atom is 0.273 e. The summed E-state index contributed by atoms with van der Waals surface area (Å²) in [6, 6.07) is 1.96. The summed E-state index contributed by atoms with van der Waals surface area (Å²) < 4.78 is 5.39. The molecule has 144 valence electrons. The highest BCUT2D eigenvalue weighted by atomic mass is 16.5. The van der Waals surface area contributed by atoms with Gasteiger partial charge in [0.2, 0.25) is 5.91 Å². The van der Waals surface area contributed by atoms with Crippen LogP contribution in [0.25, 0.3) is 0 Å². The Kier molecular flexibility index (Phi) is 6.69. The lowest BCUT2D eigenvalue weighted by Crippen LogP contribution is -2.44. The minimum absolute atomic E-state index is 0.149. The number of aromatic nitrogens is 1. The molecule has 0 saturated heterocycles. The van der Waals surface area contributed by atoms with E-state index in [9.17, 15) is 9.59 Å². The van der Waals surface area contributed by atoms with Crippen molar-refractivity contribution in [1.29, 1.82) is 0 Å². The molecule has 0 aromatic carbocycles. The van der Waals surface area contributed by atoms with Crippen molar-refractivity contribution < 1.29 is 14.1 Å². The minimum Gasteiger partial charge on any atom is -0.359 e. The van der Waals surface area contributed by atoms with Crippen molar-refractivity contribution in [1.82, 2.24) is 15.4 Å². The molecule has 6 nitrogen and oxygen atoms in total. The van der Waals surface area contributed by atoms with Crippen molar-refractivity contribution in [2.75, 3.05) is 6.54 Å². The molecule has 2 fully saturated rings. The van der Waals surface area contributed by atoms with Gasteiger partial charge in [-0.15, -0.1) is 0 Å². The third-order valence-corrected chi connectivity index (χ3v) is 5.71. The summed E-state index contributed by atoms with van der Waals surface area (Å²) >= 11 is 0. The summed E-state index contributed by atoms with van der Waals surface area (Å²) in [5.74, 6) is 0.787. The maximum absolute atomic E-state index is 13.2. The average molecular weight is 361 g/mol. The Morgan fingerprint density at radius 3 is 2.42 bits per heavy atom. The van der Waals surface area contributed by atoms with Crippen molar-refractivity contribution in [3.63, 3.8) is 0 Å². The number of nitrogens with zero attached hydrogens (tertiary/aromatic N) is 2. The molecule has 1 N–H and O–H groups in total. The lowest BCUT2D eigenvalue weighted by Gasteiger charge is -2.37. The Morgan fingerprint density at radius 2 is 1.77 bits per heavy atom. The summed E-state index contributed by atoms with van der Waals surface area (Å²) in [6.07, 6.45) is 11.3. The van der Waals surface area contributed by atoms with Gasteiger partial charge >= 0.3 is 0 Å². The van der Waals surface area contributed by atoms with E-state index in [1.165, 1.54) is 25.7 Å². The number of rotatable bonds is 6. The van der Waals surface area contributed by atoms with E-state index in [2.05, 4.69) is 10.5 Å². The van der Waals surface area contributed by atoms with Crippen LogP contribution >= 0.6 is 0 Å². The zero-order chi connectivity index (χ0) is 18.4. The largest absolute Gasteiger partial charge is 0.359 e. The number of amides is 2. The van der Waals surface area contributed by atoms with Gasteiger partial charge < -0.3 is 14.7 Å². The highest BCUT2D eigenvalue weighted by Gasteiger charge is 2.32. The normalized spacial score (nSPS) is 19.3. The smallest absolute Gasteiger partial charge is 0.273 e. The molecule has 1 heterocycles. The second kappa shape index (κ2) is 9.19. The standard InChI is InChI=1S/C20H31N3O3/c1-2-21-19(24)18-13-17(26-22-18)14-23(16-11-7-4-8-12-16)20(25)15-9-5-3-6-10-15/h13,15-16H,2-12,14H2,1H3,(H,21,24). The molecule has 26 heavy (non-hydrogen) atoms. The SMILES string of the molecule is CCNC(=O)c1cc(CN(C(=O)C2CCCCC2)C2CCCCC2)on1. The molecular weight excluding hydrogens is 330 g/mol. The quantitative estimate of drug-likeness (QED) is 0.839. The molecule has 1 aromatic heterocycles. The molecule has 0 spiro atoms. The second-order valence-corrected chi connectivity index (χ2v) is 7.63. The van der Waals surface area contributed by atoms with Crippen molar-refractivity contribution >= 4 is 11.8 Å². The number of carbonyl (C=O) groups is 2. The molecule has 2 aliphatic rings. The van der Waals surface area contributed by atoms with E-state index in [1.807, 2.05) is 11.8 Å². The van der Waals surface area contributed by atoms with Crippen molar-refractivity contribution in [2.24, 2.45) is 5.92 Å². The third kappa shape index (κ3) is 4.65. The summed E-state index contributed by atoms with van der Waals surface area (Å²) in [5, 5.41) is 6.60. The molecule has 0 unspecified atom stereocenters. The van der Waals surface area contributed by atoms with Crippen LogP contribution in [0.15, 0.2) is 10.6 Å². The summed E-state index contributed by atoms with van der Waals surface area (Å²) in [7, 11) is 0. The molecule has 0 bridgehead atoms. The fraction of sp³-hybridized carbons (Fsp3) is 0.750. The van der Waals surface area contributed by atoms with Gasteiger partial charge in [-0.05, 0) is 32.6 Å². The molecule has 0 atom stereocenters. The zero-order valence-electron chi connectivity index (χ0n) is 15.8. The Morgan fingerprint density at radius 1 is 1.12 bits per heavy atom. The van der Waals surface area contributed by atoms with Gasteiger partial charge in [0.05, 0.1) is 6.54 Å². The molecule has 2 saturated carbocycles. The first-order valence-electron chi connectivity index (χ1n) is 10.2. The van der Waals surface area contributed by atoms with E-state index in [4.69, 9.17) is 4.52 Å². The molecule has 6 heteroatoms. The topological polar surface area (TPSA) is 75.4 Å². The molecule has 3 rings (SSSR count). The van der Waals surface area contributed by atoms with E-state index in [1.54, 1.807) is 6.07 Å². The summed E-state index contributed by atoms with van der Waals surface area (Å²) in [4.78, 5) is 27.2. The number of carbonyl (C=O) groups excluding carboxylic acids is 2. The van der Waals surface area contributed by atoms with E-state index in [0.717, 1.165) is 38.5 Å². The van der Waals surface area contributed by atoms with Crippen molar-refractivity contribution in [2.45, 2.75) is 83.7 Å². The minimum atomic E-state index is -0.231. The van der Waals surface area contributed by atoms with Gasteiger partial charge in [0, 0.05) is 24.6 Å². The second-order valence-electron chi connectivity index (χ2n) is 7.63. The monoisotopic (exact) mass is 361 g/mol. The zero-order valence-corrected chi connectivity index (χ0v) is 15.8. The Bertz CT molecular complexity index is 601. The van der Waals surface area contributed by atoms with Crippen LogP contribution in [0.4, 0.5) is 0 Å². The van der Waals surface area contributed by atoms with Gasteiger partial charge in [-0.2, -0.15) is 0 Å². The molecule has 1 aromatic rings. The Hall–Kier alpha value is -1.85. The van der Waals surface area contributed by atoms with Gasteiger partial charge in [0.1, 0.15) is 0 Å². The molecule has 2 aliphatic carbocycles. The molecular formula is C20H31N3O3. The van der Waals surface area contributed by atoms with Crippen LogP contribution in [0.2, 0.25) is 0 Å². The number of hydrogen-bond acceptors (Lipinski definition) is 4. The average Bonchev–Trinajstić information content (AvgIpc) is 3.16. The van der Waals surface area contributed by atoms with E-state index >= 15 is 0 Å². The van der Waals surface area contributed by atoms with Crippen molar-refractivity contribution in [3.8, 4) is 0 Å². The summed E-state index contributed by atoms with van der Waals surface area (Å²) in [5.41, 5.74) is 0.288. The fourth-order valence-electron chi connectivity index (χ4n) is 4.28. The van der Waals surface area contributed by atoms with Crippen LogP contribution in [0.1, 0.15) is 87.4 Å². The van der Waals surface area contributed by atoms with E-state index in [-0.39, 0.29) is 29.5 Å². The Balaban J connectivity index is 1.72. The van der Waals surface area contributed by atoms with Crippen LogP contribution < -0.4 is 5.32 Å². The van der Waals surface area contributed by atoms with Crippen LogP contribution in [0.3, 0.4) is 0 Å². The van der Waals surface area contributed by atoms with Crippen LogP contribution in [-0.2, 0) is 11.3 Å². The van der Waals surface area contributed by atoms with Gasteiger partial charge in [0.25, 0.3) is 5.91 Å². The Labute approximate surface area is 155 Å². The summed E-state index contributed by atoms with van der Waals surface area (Å²) in [6.45, 7) is 2.84. The number of hydrogen-bond donors (Lipinski definition) is 1. The molecule has 2 amide bonds. The first-order valence-corrected chi connectivity index (χ1v) is 10.2. The predicted octanol–water partition coefficient (Wildman–Crippen LogP) is 3.67. The lowest BCUT2D eigenvalue weighted by atomic mass is 9.86. The predicted molar refractivity (Wildman–Crippen MR) is 98.5 cm³/mol. The number of nitrogens with one attached hydrogen (secondary N) is 1. The van der Waals surface area contributed by atoms with Gasteiger partial charge in [0.15, 0.2) is 11.5 Å². The molecule has 0 aliphatic heterocycles. The van der Waals surface area contributed by atoms with E-state index < -0.39 is 0 Å². The third-order valence-electron chi connectivity index (χ3n) is 5.71. The first kappa shape index (κ1) is 18.9. The van der Waals surface area contributed by atoms with Gasteiger partial charge in [-0.3, -0.25) is 9.59 Å². The lowest BCUT2D eigenvalue weighted by molar-refractivity contribution is -0.140. The van der Waals surface area contributed by atoms with Gasteiger partial charge in [-0.1, -0.05) is 43.7 Å². The van der Waals surface area contributed by atoms with Crippen molar-refractivity contribution in [3.05, 3.63) is 17.5 Å². The fourth-order valence-corrected chi connectivity index (χ4v) is 4.28.